The molecule has 0 aliphatic carbocycles. The minimum Gasteiger partial charge on any atom is -0.493 e. The lowest BCUT2D eigenvalue weighted by Crippen LogP contribution is -2.22. The van der Waals surface area contributed by atoms with Crippen molar-refractivity contribution in [2.45, 2.75) is 26.6 Å². The molecule has 7 heteroatoms. The van der Waals surface area contributed by atoms with Crippen molar-refractivity contribution in [2.75, 3.05) is 7.11 Å². The fourth-order valence-corrected chi connectivity index (χ4v) is 2.40. The molecule has 3 aromatic rings. The molecule has 0 aliphatic heterocycles. The normalized spacial score (nSPS) is 10.5. The van der Waals surface area contributed by atoms with E-state index in [0.717, 1.165) is 12.2 Å². The van der Waals surface area contributed by atoms with Gasteiger partial charge in [-0.2, -0.15) is 5.10 Å². The van der Waals surface area contributed by atoms with Crippen LogP contribution in [-0.4, -0.2) is 22.8 Å². The van der Waals surface area contributed by atoms with Crippen LogP contribution in [0.15, 0.2) is 53.1 Å². The monoisotopic (exact) mass is 355 g/mol. The molecule has 0 saturated heterocycles. The average molecular weight is 355 g/mol. The number of aryl methyl sites for hydroxylation is 1. The van der Waals surface area contributed by atoms with E-state index in [1.54, 1.807) is 19.2 Å². The van der Waals surface area contributed by atoms with Crippen molar-refractivity contribution in [3.63, 3.8) is 0 Å². The first kappa shape index (κ1) is 17.6. The zero-order valence-electron chi connectivity index (χ0n) is 14.8. The number of para-hydroxylation sites is 2. The Morgan fingerprint density at radius 3 is 2.73 bits per heavy atom. The molecule has 0 atom stereocenters. The number of hydrogen-bond acceptors (Lipinski definition) is 5. The van der Waals surface area contributed by atoms with Gasteiger partial charge in [0.05, 0.1) is 19.3 Å². The number of hydrogen-bond donors (Lipinski definition) is 1. The number of nitrogens with zero attached hydrogens (tertiary/aromatic N) is 2. The first-order valence-corrected chi connectivity index (χ1v) is 8.34. The van der Waals surface area contributed by atoms with Crippen LogP contribution < -0.4 is 14.8 Å². The van der Waals surface area contributed by atoms with E-state index in [9.17, 15) is 4.79 Å². The molecule has 1 amide bonds. The molecule has 1 N–H and O–H groups in total. The van der Waals surface area contributed by atoms with Gasteiger partial charge in [-0.15, -0.1) is 0 Å². The summed E-state index contributed by atoms with van der Waals surface area (Å²) in [5.74, 6) is 1.75. The predicted octanol–water partition coefficient (Wildman–Crippen LogP) is 3.01. The first-order valence-electron chi connectivity index (χ1n) is 8.34. The van der Waals surface area contributed by atoms with Crippen molar-refractivity contribution in [3.8, 4) is 11.5 Å². The molecular weight excluding hydrogens is 334 g/mol. The minimum absolute atomic E-state index is 0.203. The van der Waals surface area contributed by atoms with E-state index in [2.05, 4.69) is 10.4 Å². The van der Waals surface area contributed by atoms with E-state index >= 15 is 0 Å². The predicted molar refractivity (Wildman–Crippen MR) is 95.1 cm³/mol. The van der Waals surface area contributed by atoms with Gasteiger partial charge in [0.15, 0.2) is 17.3 Å². The van der Waals surface area contributed by atoms with E-state index in [1.807, 2.05) is 48.1 Å². The molecule has 0 fully saturated rings. The number of ether oxygens (including phenoxy) is 2. The van der Waals surface area contributed by atoms with Crippen LogP contribution in [0.3, 0.4) is 0 Å². The third kappa shape index (κ3) is 4.24. The highest BCUT2D eigenvalue weighted by Crippen LogP contribution is 2.26. The third-order valence-electron chi connectivity index (χ3n) is 3.77. The highest BCUT2D eigenvalue weighted by Gasteiger charge is 2.12. The van der Waals surface area contributed by atoms with Crippen LogP contribution in [0, 0.1) is 0 Å². The van der Waals surface area contributed by atoms with Crippen molar-refractivity contribution in [1.29, 1.82) is 0 Å². The summed E-state index contributed by atoms with van der Waals surface area (Å²) in [6.07, 6.45) is 1.88. The number of benzene rings is 1. The van der Waals surface area contributed by atoms with Gasteiger partial charge >= 0.3 is 0 Å². The average Bonchev–Trinajstić information content (AvgIpc) is 3.34. The second-order valence-electron chi connectivity index (χ2n) is 5.55. The molecule has 3 rings (SSSR count). The van der Waals surface area contributed by atoms with Gasteiger partial charge in [0.25, 0.3) is 5.91 Å². The van der Waals surface area contributed by atoms with E-state index < -0.39 is 0 Å². The number of nitrogens with one attached hydrogen (secondary N) is 1. The van der Waals surface area contributed by atoms with E-state index in [4.69, 9.17) is 13.9 Å². The second kappa shape index (κ2) is 8.24. The molecule has 0 unspecified atom stereocenters. The molecule has 7 nitrogen and oxygen atoms in total. The Morgan fingerprint density at radius 2 is 2.00 bits per heavy atom. The van der Waals surface area contributed by atoms with Crippen LogP contribution in [-0.2, 0) is 19.7 Å². The summed E-state index contributed by atoms with van der Waals surface area (Å²) in [5, 5.41) is 7.11. The maximum Gasteiger partial charge on any atom is 0.287 e. The van der Waals surface area contributed by atoms with Gasteiger partial charge in [-0.1, -0.05) is 12.1 Å². The van der Waals surface area contributed by atoms with Gasteiger partial charge in [0.2, 0.25) is 0 Å². The fraction of sp³-hybridized carbons (Fsp3) is 0.263. The Labute approximate surface area is 151 Å². The van der Waals surface area contributed by atoms with Crippen LogP contribution >= 0.6 is 0 Å². The van der Waals surface area contributed by atoms with Crippen LogP contribution in [0.1, 0.15) is 28.9 Å². The number of carbonyl (C=O) groups excluding carboxylic acids is 1. The van der Waals surface area contributed by atoms with Crippen LogP contribution in [0.2, 0.25) is 0 Å². The summed E-state index contributed by atoms with van der Waals surface area (Å²) in [5.41, 5.74) is 0.798. The Morgan fingerprint density at radius 1 is 1.19 bits per heavy atom. The Hall–Kier alpha value is -3.22. The molecule has 136 valence electrons. The van der Waals surface area contributed by atoms with E-state index in [1.165, 1.54) is 0 Å². The topological polar surface area (TPSA) is 78.5 Å². The SMILES string of the molecule is CCn1ccc(CNC(=O)c2ccc(COc3ccccc3OC)o2)n1. The van der Waals surface area contributed by atoms with Crippen molar-refractivity contribution >= 4 is 5.91 Å². The molecule has 2 heterocycles. The summed E-state index contributed by atoms with van der Waals surface area (Å²) in [6, 6.07) is 12.6. The quantitative estimate of drug-likeness (QED) is 0.672. The standard InChI is InChI=1S/C19H21N3O4/c1-3-22-11-10-14(21-22)12-20-19(23)18-9-8-15(26-18)13-25-17-7-5-4-6-16(17)24-2/h4-11H,3,12-13H2,1-2H3,(H,20,23). The lowest BCUT2D eigenvalue weighted by atomic mass is 10.3. The number of amides is 1. The highest BCUT2D eigenvalue weighted by atomic mass is 16.5. The minimum atomic E-state index is -0.292. The Kier molecular flexibility index (Phi) is 5.58. The van der Waals surface area contributed by atoms with Crippen molar-refractivity contribution < 1.29 is 18.7 Å². The smallest absolute Gasteiger partial charge is 0.287 e. The summed E-state index contributed by atoms with van der Waals surface area (Å²) in [6.45, 7) is 3.35. The highest BCUT2D eigenvalue weighted by molar-refractivity contribution is 5.91. The number of aromatic nitrogens is 2. The molecule has 2 aromatic heterocycles. The number of methoxy groups -OCH3 is 1. The second-order valence-corrected chi connectivity index (χ2v) is 5.55. The molecular formula is C19H21N3O4. The fourth-order valence-electron chi connectivity index (χ4n) is 2.40. The van der Waals surface area contributed by atoms with Gasteiger partial charge in [0.1, 0.15) is 12.4 Å². The zero-order chi connectivity index (χ0) is 18.4. The van der Waals surface area contributed by atoms with E-state index in [-0.39, 0.29) is 18.3 Å². The Bertz CT molecular complexity index is 869. The summed E-state index contributed by atoms with van der Waals surface area (Å²) < 4.78 is 18.3. The van der Waals surface area contributed by atoms with Crippen LogP contribution in [0.25, 0.3) is 0 Å². The molecule has 0 bridgehead atoms. The molecule has 0 aliphatic rings. The number of carbonyl (C=O) groups is 1. The zero-order valence-corrected chi connectivity index (χ0v) is 14.8. The van der Waals surface area contributed by atoms with Gasteiger partial charge < -0.3 is 19.2 Å². The summed E-state index contributed by atoms with van der Waals surface area (Å²) >= 11 is 0. The summed E-state index contributed by atoms with van der Waals surface area (Å²) in [4.78, 5) is 12.2. The van der Waals surface area contributed by atoms with E-state index in [0.29, 0.717) is 23.8 Å². The largest absolute Gasteiger partial charge is 0.493 e. The third-order valence-corrected chi connectivity index (χ3v) is 3.77. The first-order chi connectivity index (χ1) is 12.7. The van der Waals surface area contributed by atoms with Crippen LogP contribution in [0.4, 0.5) is 0 Å². The van der Waals surface area contributed by atoms with Crippen molar-refractivity contribution in [2.24, 2.45) is 0 Å². The van der Waals surface area contributed by atoms with Gasteiger partial charge in [0, 0.05) is 12.7 Å². The number of furan rings is 1. The lowest BCUT2D eigenvalue weighted by molar-refractivity contribution is 0.0918. The van der Waals surface area contributed by atoms with Gasteiger partial charge in [-0.3, -0.25) is 9.48 Å². The molecule has 0 spiro atoms. The molecule has 1 aromatic carbocycles. The number of rotatable bonds is 8. The maximum absolute atomic E-state index is 12.2. The van der Waals surface area contributed by atoms with Crippen molar-refractivity contribution in [1.82, 2.24) is 15.1 Å². The molecule has 0 radical (unpaired) electrons. The van der Waals surface area contributed by atoms with Gasteiger partial charge in [-0.25, -0.2) is 0 Å². The molecule has 26 heavy (non-hydrogen) atoms. The van der Waals surface area contributed by atoms with Crippen molar-refractivity contribution in [3.05, 3.63) is 65.9 Å². The molecule has 0 saturated carbocycles. The summed E-state index contributed by atoms with van der Waals surface area (Å²) in [7, 11) is 1.58. The lowest BCUT2D eigenvalue weighted by Gasteiger charge is -2.08. The Balaban J connectivity index is 1.54. The maximum atomic E-state index is 12.2. The van der Waals surface area contributed by atoms with Gasteiger partial charge in [-0.05, 0) is 37.3 Å². The van der Waals surface area contributed by atoms with Crippen LogP contribution in [0.5, 0.6) is 11.5 Å².